The molecule has 1 aliphatic rings. The van der Waals surface area contributed by atoms with Crippen LogP contribution in [-0.2, 0) is 9.59 Å². The summed E-state index contributed by atoms with van der Waals surface area (Å²) in [5.41, 5.74) is 0. The largest absolute Gasteiger partial charge is 0.390 e. The van der Waals surface area contributed by atoms with Gasteiger partial charge in [-0.1, -0.05) is 13.8 Å². The van der Waals surface area contributed by atoms with E-state index in [1.165, 1.54) is 6.92 Å². The molecule has 1 fully saturated rings. The van der Waals surface area contributed by atoms with E-state index in [1.807, 2.05) is 13.8 Å². The first kappa shape index (κ1) is 13.5. The van der Waals surface area contributed by atoms with Crippen LogP contribution in [0.1, 0.15) is 27.2 Å². The lowest BCUT2D eigenvalue weighted by atomic mass is 9.93. The van der Waals surface area contributed by atoms with Gasteiger partial charge in [-0.3, -0.25) is 9.59 Å². The molecule has 1 amide bonds. The van der Waals surface area contributed by atoms with Crippen molar-refractivity contribution in [3.05, 3.63) is 0 Å². The van der Waals surface area contributed by atoms with Crippen molar-refractivity contribution in [2.24, 2.45) is 11.8 Å². The highest BCUT2D eigenvalue weighted by atomic mass is 32.1. The van der Waals surface area contributed by atoms with Crippen molar-refractivity contribution in [1.82, 2.24) is 5.32 Å². The van der Waals surface area contributed by atoms with E-state index in [-0.39, 0.29) is 23.0 Å². The van der Waals surface area contributed by atoms with Crippen LogP contribution in [0.25, 0.3) is 0 Å². The highest BCUT2D eigenvalue weighted by molar-refractivity contribution is 7.81. The molecule has 0 aromatic carbocycles. The molecule has 4 atom stereocenters. The highest BCUT2D eigenvalue weighted by Crippen LogP contribution is 2.24. The molecule has 0 aliphatic carbocycles. The maximum absolute atomic E-state index is 11.5. The molecule has 0 radical (unpaired) electrons. The summed E-state index contributed by atoms with van der Waals surface area (Å²) < 4.78 is 0. The Kier molecular flexibility index (Phi) is 4.38. The Bertz CT molecular complexity index is 293. The lowest BCUT2D eigenvalue weighted by Gasteiger charge is -2.21. The van der Waals surface area contributed by atoms with E-state index in [9.17, 15) is 14.7 Å². The fraction of sp³-hybridized carbons (Fsp3) is 0.818. The number of aliphatic hydroxyl groups is 1. The maximum atomic E-state index is 11.5. The van der Waals surface area contributed by atoms with E-state index < -0.39 is 12.0 Å². The van der Waals surface area contributed by atoms with E-state index in [2.05, 4.69) is 17.9 Å². The van der Waals surface area contributed by atoms with Gasteiger partial charge in [-0.2, -0.15) is 12.6 Å². The third-order valence-corrected chi connectivity index (χ3v) is 3.87. The van der Waals surface area contributed by atoms with Crippen LogP contribution in [0, 0.1) is 11.8 Å². The summed E-state index contributed by atoms with van der Waals surface area (Å²) in [5.74, 6) is -1.19. The average molecular weight is 245 g/mol. The molecule has 0 spiro atoms. The number of rotatable bonds is 4. The lowest BCUT2D eigenvalue weighted by Crippen LogP contribution is -2.36. The SMILES string of the molecule is CC(=O)C1C(=O)NC(CC(S)C(C)C)C1O. The van der Waals surface area contributed by atoms with Crippen molar-refractivity contribution in [3.8, 4) is 0 Å². The van der Waals surface area contributed by atoms with Gasteiger partial charge in [0.05, 0.1) is 12.1 Å². The van der Waals surface area contributed by atoms with Crippen LogP contribution >= 0.6 is 12.6 Å². The minimum atomic E-state index is -0.918. The molecule has 16 heavy (non-hydrogen) atoms. The maximum Gasteiger partial charge on any atom is 0.233 e. The van der Waals surface area contributed by atoms with Crippen LogP contribution in [-0.4, -0.2) is 34.2 Å². The van der Waals surface area contributed by atoms with Gasteiger partial charge >= 0.3 is 0 Å². The molecule has 1 heterocycles. The molecular formula is C11H19NO3S. The third kappa shape index (κ3) is 2.77. The van der Waals surface area contributed by atoms with Gasteiger partial charge in [-0.25, -0.2) is 0 Å². The van der Waals surface area contributed by atoms with Crippen LogP contribution < -0.4 is 5.32 Å². The third-order valence-electron chi connectivity index (χ3n) is 3.07. The normalized spacial score (nSPS) is 31.6. The number of amides is 1. The predicted octanol–water partition coefficient (Wildman–Crippen LogP) is 0.395. The zero-order valence-electron chi connectivity index (χ0n) is 9.80. The number of hydrogen-bond donors (Lipinski definition) is 3. The summed E-state index contributed by atoms with van der Waals surface area (Å²) in [5, 5.41) is 12.6. The van der Waals surface area contributed by atoms with Crippen LogP contribution in [0.3, 0.4) is 0 Å². The van der Waals surface area contributed by atoms with Gasteiger partial charge in [0.2, 0.25) is 5.91 Å². The number of carbonyl (C=O) groups excluding carboxylic acids is 2. The second-order valence-corrected chi connectivity index (χ2v) is 5.40. The molecule has 4 nitrogen and oxygen atoms in total. The second kappa shape index (κ2) is 5.19. The van der Waals surface area contributed by atoms with Crippen LogP contribution in [0.4, 0.5) is 0 Å². The Morgan fingerprint density at radius 2 is 2.12 bits per heavy atom. The van der Waals surface area contributed by atoms with Crippen molar-refractivity contribution in [3.63, 3.8) is 0 Å². The summed E-state index contributed by atoms with van der Waals surface area (Å²) in [6.45, 7) is 5.39. The predicted molar refractivity (Wildman–Crippen MR) is 64.3 cm³/mol. The summed E-state index contributed by atoms with van der Waals surface area (Å²) >= 11 is 4.40. The van der Waals surface area contributed by atoms with E-state index in [1.54, 1.807) is 0 Å². The lowest BCUT2D eigenvalue weighted by molar-refractivity contribution is -0.132. The average Bonchev–Trinajstić information content (AvgIpc) is 2.41. The molecule has 2 N–H and O–H groups in total. The Morgan fingerprint density at radius 3 is 2.50 bits per heavy atom. The van der Waals surface area contributed by atoms with Gasteiger partial charge in [-0.05, 0) is 19.3 Å². The van der Waals surface area contributed by atoms with Crippen molar-refractivity contribution in [1.29, 1.82) is 0 Å². The van der Waals surface area contributed by atoms with Gasteiger partial charge in [0.1, 0.15) is 11.7 Å². The summed E-state index contributed by atoms with van der Waals surface area (Å²) in [4.78, 5) is 22.7. The fourth-order valence-electron chi connectivity index (χ4n) is 1.90. The molecule has 0 saturated carbocycles. The number of carbonyl (C=O) groups is 2. The summed E-state index contributed by atoms with van der Waals surface area (Å²) in [6.07, 6.45) is -0.337. The number of aliphatic hydroxyl groups excluding tert-OH is 1. The van der Waals surface area contributed by atoms with E-state index in [4.69, 9.17) is 0 Å². The molecule has 5 heteroatoms. The first-order valence-electron chi connectivity index (χ1n) is 5.51. The van der Waals surface area contributed by atoms with Gasteiger partial charge in [0, 0.05) is 5.25 Å². The molecule has 4 unspecified atom stereocenters. The van der Waals surface area contributed by atoms with Crippen LogP contribution in [0.2, 0.25) is 0 Å². The number of Topliss-reactive ketones (excluding diaryl/α,β-unsaturated/α-hetero) is 1. The number of hydrogen-bond acceptors (Lipinski definition) is 4. The molecule has 0 aromatic heterocycles. The van der Waals surface area contributed by atoms with Crippen molar-refractivity contribution in [2.45, 2.75) is 44.6 Å². The Morgan fingerprint density at radius 1 is 1.56 bits per heavy atom. The smallest absolute Gasteiger partial charge is 0.233 e. The molecule has 0 bridgehead atoms. The highest BCUT2D eigenvalue weighted by Gasteiger charge is 2.44. The standard InChI is InChI=1S/C11H19NO3S/c1-5(2)8(16)4-7-10(14)9(6(3)13)11(15)12-7/h5,7-10,14,16H,4H2,1-3H3,(H,12,15). The topological polar surface area (TPSA) is 66.4 Å². The quantitative estimate of drug-likeness (QED) is 0.496. The summed E-state index contributed by atoms with van der Waals surface area (Å²) in [6, 6.07) is -0.355. The minimum absolute atomic E-state index is 0.102. The minimum Gasteiger partial charge on any atom is -0.390 e. The number of nitrogens with one attached hydrogen (secondary N) is 1. The second-order valence-electron chi connectivity index (χ2n) is 4.74. The van der Waals surface area contributed by atoms with Gasteiger partial charge in [-0.15, -0.1) is 0 Å². The monoisotopic (exact) mass is 245 g/mol. The van der Waals surface area contributed by atoms with Gasteiger partial charge in [0.15, 0.2) is 0 Å². The van der Waals surface area contributed by atoms with E-state index in [0.29, 0.717) is 12.3 Å². The molecule has 92 valence electrons. The number of thiol groups is 1. The zero-order valence-corrected chi connectivity index (χ0v) is 10.7. The van der Waals surface area contributed by atoms with Crippen LogP contribution in [0.15, 0.2) is 0 Å². The zero-order chi connectivity index (χ0) is 12.5. The molecule has 1 saturated heterocycles. The van der Waals surface area contributed by atoms with E-state index in [0.717, 1.165) is 0 Å². The first-order valence-corrected chi connectivity index (χ1v) is 6.03. The fourth-order valence-corrected chi connectivity index (χ4v) is 2.13. The van der Waals surface area contributed by atoms with Crippen molar-refractivity contribution < 1.29 is 14.7 Å². The van der Waals surface area contributed by atoms with Crippen molar-refractivity contribution >= 4 is 24.3 Å². The van der Waals surface area contributed by atoms with Gasteiger partial charge < -0.3 is 10.4 Å². The Labute approximate surface area is 101 Å². The number of ketones is 1. The summed E-state index contributed by atoms with van der Waals surface area (Å²) in [7, 11) is 0. The molecule has 1 rings (SSSR count). The Balaban J connectivity index is 2.65. The molecular weight excluding hydrogens is 226 g/mol. The van der Waals surface area contributed by atoms with Crippen LogP contribution in [0.5, 0.6) is 0 Å². The first-order chi connectivity index (χ1) is 7.34. The van der Waals surface area contributed by atoms with Gasteiger partial charge in [0.25, 0.3) is 0 Å². The van der Waals surface area contributed by atoms with Crippen molar-refractivity contribution in [2.75, 3.05) is 0 Å². The molecule has 0 aromatic rings. The Hall–Kier alpha value is -0.550. The molecule has 1 aliphatic heterocycles. The van der Waals surface area contributed by atoms with E-state index >= 15 is 0 Å².